The van der Waals surface area contributed by atoms with Crippen molar-refractivity contribution in [2.24, 2.45) is 0 Å². The minimum Gasteiger partial charge on any atom is -0.367 e. The van der Waals surface area contributed by atoms with E-state index in [1.807, 2.05) is 18.5 Å². The molecule has 6 heteroatoms. The van der Waals surface area contributed by atoms with Gasteiger partial charge in [0, 0.05) is 25.0 Å². The van der Waals surface area contributed by atoms with Crippen LogP contribution >= 0.6 is 0 Å². The van der Waals surface area contributed by atoms with Gasteiger partial charge in [-0.3, -0.25) is 9.59 Å². The number of H-pyrrole nitrogens is 2. The van der Waals surface area contributed by atoms with Crippen molar-refractivity contribution >= 4 is 5.91 Å². The number of carbonyl (C=O) groups excluding carboxylic acids is 1. The Morgan fingerprint density at radius 2 is 2.24 bits per heavy atom. The second kappa shape index (κ2) is 5.11. The number of nitrogens with one attached hydrogen (secondary N) is 3. The number of aromatic nitrogens is 3. The van der Waals surface area contributed by atoms with Gasteiger partial charge >= 0.3 is 0 Å². The van der Waals surface area contributed by atoms with Crippen molar-refractivity contribution in [1.29, 1.82) is 0 Å². The predicted molar refractivity (Wildman–Crippen MR) is 61.7 cm³/mol. The van der Waals surface area contributed by atoms with Crippen molar-refractivity contribution < 1.29 is 4.79 Å². The Labute approximate surface area is 97.1 Å². The molecule has 0 aromatic carbocycles. The first kappa shape index (κ1) is 11.1. The maximum absolute atomic E-state index is 11.6. The third kappa shape index (κ3) is 3.04. The summed E-state index contributed by atoms with van der Waals surface area (Å²) in [7, 11) is 0. The molecule has 0 radical (unpaired) electrons. The van der Waals surface area contributed by atoms with Gasteiger partial charge in [-0.15, -0.1) is 0 Å². The van der Waals surface area contributed by atoms with E-state index in [9.17, 15) is 9.59 Å². The fraction of sp³-hybridized carbons (Fsp3) is 0.182. The van der Waals surface area contributed by atoms with E-state index in [0.29, 0.717) is 6.54 Å². The molecule has 0 unspecified atom stereocenters. The molecule has 1 amide bonds. The third-order valence-corrected chi connectivity index (χ3v) is 2.27. The monoisotopic (exact) mass is 232 g/mol. The van der Waals surface area contributed by atoms with E-state index < -0.39 is 0 Å². The molecule has 0 fully saturated rings. The van der Waals surface area contributed by atoms with Crippen LogP contribution < -0.4 is 10.9 Å². The lowest BCUT2D eigenvalue weighted by Crippen LogP contribution is -2.27. The normalized spacial score (nSPS) is 10.1. The van der Waals surface area contributed by atoms with Crippen LogP contribution in [0.2, 0.25) is 0 Å². The number of carbonyl (C=O) groups is 1. The Morgan fingerprint density at radius 1 is 1.35 bits per heavy atom. The van der Waals surface area contributed by atoms with Crippen LogP contribution in [-0.4, -0.2) is 27.6 Å². The first-order valence-corrected chi connectivity index (χ1v) is 5.21. The minimum atomic E-state index is -0.325. The van der Waals surface area contributed by atoms with Gasteiger partial charge in [0.1, 0.15) is 5.69 Å². The molecule has 0 bridgehead atoms. The van der Waals surface area contributed by atoms with Gasteiger partial charge < -0.3 is 10.3 Å². The number of amides is 1. The number of nitrogens with zero attached hydrogens (tertiary/aromatic N) is 1. The fourth-order valence-electron chi connectivity index (χ4n) is 1.40. The van der Waals surface area contributed by atoms with Gasteiger partial charge in [-0.1, -0.05) is 0 Å². The van der Waals surface area contributed by atoms with Gasteiger partial charge in [0.25, 0.3) is 11.5 Å². The molecule has 0 saturated heterocycles. The first-order valence-electron chi connectivity index (χ1n) is 5.21. The van der Waals surface area contributed by atoms with E-state index in [1.165, 1.54) is 12.1 Å². The van der Waals surface area contributed by atoms with Crippen LogP contribution in [0.25, 0.3) is 0 Å². The average Bonchev–Trinajstić information content (AvgIpc) is 2.83. The molecule has 0 atom stereocenters. The van der Waals surface area contributed by atoms with Crippen molar-refractivity contribution in [3.63, 3.8) is 0 Å². The highest BCUT2D eigenvalue weighted by molar-refractivity contribution is 5.91. The van der Waals surface area contributed by atoms with Crippen molar-refractivity contribution in [1.82, 2.24) is 20.5 Å². The maximum Gasteiger partial charge on any atom is 0.271 e. The molecular weight excluding hydrogens is 220 g/mol. The highest BCUT2D eigenvalue weighted by Gasteiger charge is 2.06. The summed E-state index contributed by atoms with van der Waals surface area (Å²) >= 11 is 0. The first-order chi connectivity index (χ1) is 8.25. The molecule has 0 saturated carbocycles. The van der Waals surface area contributed by atoms with Crippen molar-refractivity contribution in [2.75, 3.05) is 6.54 Å². The quantitative estimate of drug-likeness (QED) is 0.696. The zero-order valence-electron chi connectivity index (χ0n) is 9.06. The second-order valence-electron chi connectivity index (χ2n) is 3.53. The topological polar surface area (TPSA) is 90.6 Å². The highest BCUT2D eigenvalue weighted by atomic mass is 16.2. The largest absolute Gasteiger partial charge is 0.367 e. The van der Waals surface area contributed by atoms with E-state index in [2.05, 4.69) is 20.5 Å². The maximum atomic E-state index is 11.6. The summed E-state index contributed by atoms with van der Waals surface area (Å²) in [5.41, 5.74) is 1.01. The van der Waals surface area contributed by atoms with Crippen LogP contribution in [-0.2, 0) is 6.42 Å². The number of hydrogen-bond acceptors (Lipinski definition) is 3. The van der Waals surface area contributed by atoms with Gasteiger partial charge in [0.2, 0.25) is 0 Å². The average molecular weight is 232 g/mol. The second-order valence-corrected chi connectivity index (χ2v) is 3.53. The molecule has 2 rings (SSSR count). The molecule has 88 valence electrons. The molecular formula is C11H12N4O2. The summed E-state index contributed by atoms with van der Waals surface area (Å²) in [6.45, 7) is 0.525. The number of aromatic amines is 2. The lowest BCUT2D eigenvalue weighted by Gasteiger charge is -2.02. The molecule has 3 N–H and O–H groups in total. The van der Waals surface area contributed by atoms with Gasteiger partial charge in [0.05, 0.1) is 0 Å². The van der Waals surface area contributed by atoms with Crippen LogP contribution in [0.4, 0.5) is 0 Å². The lowest BCUT2D eigenvalue weighted by molar-refractivity contribution is 0.0948. The molecule has 2 heterocycles. The van der Waals surface area contributed by atoms with Crippen molar-refractivity contribution in [2.45, 2.75) is 6.42 Å². The summed E-state index contributed by atoms with van der Waals surface area (Å²) in [5, 5.41) is 8.57. The van der Waals surface area contributed by atoms with Gasteiger partial charge in [0.15, 0.2) is 0 Å². The Morgan fingerprint density at radius 3 is 2.88 bits per heavy atom. The molecule has 6 nitrogen and oxygen atoms in total. The summed E-state index contributed by atoms with van der Waals surface area (Å²) in [6, 6.07) is 4.61. The standard InChI is InChI=1S/C11H12N4O2/c16-10-2-1-9(14-15-10)11(17)13-6-4-8-3-5-12-7-8/h1-3,5,7,12H,4,6H2,(H,13,17)(H,15,16). The summed E-state index contributed by atoms with van der Waals surface area (Å²) in [4.78, 5) is 25.3. The van der Waals surface area contributed by atoms with Crippen molar-refractivity contribution in [3.8, 4) is 0 Å². The van der Waals surface area contributed by atoms with Crippen LogP contribution in [0.3, 0.4) is 0 Å². The van der Waals surface area contributed by atoms with E-state index >= 15 is 0 Å². The van der Waals surface area contributed by atoms with E-state index in [-0.39, 0.29) is 17.2 Å². The zero-order valence-corrected chi connectivity index (χ0v) is 9.06. The molecule has 17 heavy (non-hydrogen) atoms. The molecule has 0 spiro atoms. The molecule has 0 aliphatic heterocycles. The Bertz CT molecular complexity index is 524. The molecule has 2 aromatic rings. The minimum absolute atomic E-state index is 0.207. The Balaban J connectivity index is 1.85. The summed E-state index contributed by atoms with van der Waals surface area (Å²) < 4.78 is 0. The predicted octanol–water partition coefficient (Wildman–Crippen LogP) is 0.0705. The molecule has 2 aromatic heterocycles. The molecule has 0 aliphatic rings. The Kier molecular flexibility index (Phi) is 3.34. The van der Waals surface area contributed by atoms with Crippen LogP contribution in [0.15, 0.2) is 35.4 Å². The fourth-order valence-corrected chi connectivity index (χ4v) is 1.40. The lowest BCUT2D eigenvalue weighted by atomic mass is 10.2. The zero-order chi connectivity index (χ0) is 12.1. The van der Waals surface area contributed by atoms with Crippen LogP contribution in [0.5, 0.6) is 0 Å². The highest BCUT2D eigenvalue weighted by Crippen LogP contribution is 1.96. The SMILES string of the molecule is O=C(NCCc1cc[nH]c1)c1ccc(=O)[nH]n1. The van der Waals surface area contributed by atoms with Gasteiger partial charge in [-0.25, -0.2) is 5.10 Å². The van der Waals surface area contributed by atoms with Gasteiger partial charge in [-0.05, 0) is 24.1 Å². The van der Waals surface area contributed by atoms with E-state index in [4.69, 9.17) is 0 Å². The van der Waals surface area contributed by atoms with E-state index in [0.717, 1.165) is 12.0 Å². The van der Waals surface area contributed by atoms with Crippen LogP contribution in [0.1, 0.15) is 16.1 Å². The van der Waals surface area contributed by atoms with Gasteiger partial charge in [-0.2, -0.15) is 5.10 Å². The summed E-state index contributed by atoms with van der Waals surface area (Å²) in [5.74, 6) is -0.295. The van der Waals surface area contributed by atoms with E-state index in [1.54, 1.807) is 0 Å². The summed E-state index contributed by atoms with van der Waals surface area (Å²) in [6.07, 6.45) is 4.46. The van der Waals surface area contributed by atoms with Crippen molar-refractivity contribution in [3.05, 3.63) is 52.2 Å². The Hall–Kier alpha value is -2.37. The van der Waals surface area contributed by atoms with Crippen LogP contribution in [0, 0.1) is 0 Å². The smallest absolute Gasteiger partial charge is 0.271 e. The number of hydrogen-bond donors (Lipinski definition) is 3. The number of rotatable bonds is 4. The molecule has 0 aliphatic carbocycles. The third-order valence-electron chi connectivity index (χ3n) is 2.27.